The maximum atomic E-state index is 11.7. The Kier molecular flexibility index (Phi) is 3.53. The van der Waals surface area contributed by atoms with Crippen molar-refractivity contribution in [1.29, 1.82) is 0 Å². The molecule has 5 heteroatoms. The Morgan fingerprint density at radius 3 is 2.63 bits per heavy atom. The topological polar surface area (TPSA) is 52.0 Å². The van der Waals surface area contributed by atoms with E-state index in [0.29, 0.717) is 10.7 Å². The van der Waals surface area contributed by atoms with Crippen molar-refractivity contribution in [3.63, 3.8) is 0 Å². The van der Waals surface area contributed by atoms with E-state index in [1.807, 2.05) is 13.0 Å². The van der Waals surface area contributed by atoms with Gasteiger partial charge in [-0.25, -0.2) is 4.68 Å². The molecule has 0 spiro atoms. The van der Waals surface area contributed by atoms with Crippen molar-refractivity contribution in [1.82, 2.24) is 9.78 Å². The SMILES string of the molecule is CC(=O)c1nn(-c2cccc(Cl)c2C)c(C)cc1=O. The molecule has 0 saturated carbocycles. The summed E-state index contributed by atoms with van der Waals surface area (Å²) in [7, 11) is 0. The monoisotopic (exact) mass is 276 g/mol. The molecule has 0 unspecified atom stereocenters. The molecule has 2 aromatic rings. The molecular formula is C14H13ClN2O2. The smallest absolute Gasteiger partial charge is 0.211 e. The highest BCUT2D eigenvalue weighted by Crippen LogP contribution is 2.22. The van der Waals surface area contributed by atoms with Gasteiger partial charge >= 0.3 is 0 Å². The van der Waals surface area contributed by atoms with Crippen LogP contribution < -0.4 is 5.43 Å². The van der Waals surface area contributed by atoms with Crippen LogP contribution in [-0.2, 0) is 0 Å². The van der Waals surface area contributed by atoms with Gasteiger partial charge < -0.3 is 0 Å². The normalized spacial score (nSPS) is 10.5. The number of aryl methyl sites for hydroxylation is 1. The van der Waals surface area contributed by atoms with Gasteiger partial charge in [0.2, 0.25) is 5.43 Å². The van der Waals surface area contributed by atoms with Gasteiger partial charge in [-0.1, -0.05) is 17.7 Å². The molecule has 2 rings (SSSR count). The fourth-order valence-electron chi connectivity index (χ4n) is 1.86. The largest absolute Gasteiger partial charge is 0.293 e. The Balaban J connectivity index is 2.76. The van der Waals surface area contributed by atoms with E-state index >= 15 is 0 Å². The summed E-state index contributed by atoms with van der Waals surface area (Å²) in [6.45, 7) is 4.96. The minimum atomic E-state index is -0.360. The number of hydrogen-bond donors (Lipinski definition) is 0. The Morgan fingerprint density at radius 2 is 2.00 bits per heavy atom. The minimum Gasteiger partial charge on any atom is -0.293 e. The third-order valence-corrected chi connectivity index (χ3v) is 3.32. The predicted octanol–water partition coefficient (Wildman–Crippen LogP) is 2.71. The Morgan fingerprint density at radius 1 is 1.32 bits per heavy atom. The number of aromatic nitrogens is 2. The molecule has 0 aliphatic rings. The molecule has 19 heavy (non-hydrogen) atoms. The number of halogens is 1. The average Bonchev–Trinajstić information content (AvgIpc) is 2.33. The third kappa shape index (κ3) is 2.44. The summed E-state index contributed by atoms with van der Waals surface area (Å²) in [6, 6.07) is 6.83. The molecule has 0 N–H and O–H groups in total. The van der Waals surface area contributed by atoms with Gasteiger partial charge in [0.05, 0.1) is 5.69 Å². The highest BCUT2D eigenvalue weighted by molar-refractivity contribution is 6.31. The van der Waals surface area contributed by atoms with E-state index in [9.17, 15) is 9.59 Å². The molecule has 4 nitrogen and oxygen atoms in total. The van der Waals surface area contributed by atoms with Crippen molar-refractivity contribution in [2.45, 2.75) is 20.8 Å². The zero-order valence-electron chi connectivity index (χ0n) is 10.9. The first kappa shape index (κ1) is 13.5. The number of benzene rings is 1. The van der Waals surface area contributed by atoms with Gasteiger partial charge in [-0.15, -0.1) is 0 Å². The zero-order valence-corrected chi connectivity index (χ0v) is 11.7. The van der Waals surface area contributed by atoms with Gasteiger partial charge in [-0.2, -0.15) is 5.10 Å². The average molecular weight is 277 g/mol. The lowest BCUT2D eigenvalue weighted by Crippen LogP contribution is -2.21. The van der Waals surface area contributed by atoms with E-state index in [1.54, 1.807) is 23.7 Å². The molecule has 1 heterocycles. The molecule has 0 fully saturated rings. The van der Waals surface area contributed by atoms with Crippen molar-refractivity contribution < 1.29 is 4.79 Å². The molecule has 0 atom stereocenters. The lowest BCUT2D eigenvalue weighted by Gasteiger charge is -2.13. The Labute approximate surface area is 115 Å². The molecule has 1 aromatic carbocycles. The number of nitrogens with zero attached hydrogens (tertiary/aromatic N) is 2. The van der Waals surface area contributed by atoms with E-state index in [4.69, 9.17) is 11.6 Å². The first-order valence-electron chi connectivity index (χ1n) is 5.79. The van der Waals surface area contributed by atoms with E-state index in [2.05, 4.69) is 5.10 Å². The second kappa shape index (κ2) is 4.97. The van der Waals surface area contributed by atoms with Crippen LogP contribution >= 0.6 is 11.6 Å². The summed E-state index contributed by atoms with van der Waals surface area (Å²) >= 11 is 6.08. The highest BCUT2D eigenvalue weighted by Gasteiger charge is 2.13. The van der Waals surface area contributed by atoms with Gasteiger partial charge in [0.25, 0.3) is 0 Å². The Bertz CT molecular complexity index is 720. The van der Waals surface area contributed by atoms with Crippen molar-refractivity contribution in [2.75, 3.05) is 0 Å². The van der Waals surface area contributed by atoms with E-state index in [0.717, 1.165) is 11.3 Å². The summed E-state index contributed by atoms with van der Waals surface area (Å²) in [5.41, 5.74) is 1.83. The van der Waals surface area contributed by atoms with Crippen LogP contribution in [0.4, 0.5) is 0 Å². The second-order valence-electron chi connectivity index (χ2n) is 4.35. The van der Waals surface area contributed by atoms with Crippen LogP contribution in [0.1, 0.15) is 28.7 Å². The molecule has 1 aromatic heterocycles. The van der Waals surface area contributed by atoms with Gasteiger partial charge in [0.15, 0.2) is 11.5 Å². The first-order valence-corrected chi connectivity index (χ1v) is 6.17. The lowest BCUT2D eigenvalue weighted by atomic mass is 10.2. The van der Waals surface area contributed by atoms with Crippen molar-refractivity contribution in [2.24, 2.45) is 0 Å². The van der Waals surface area contributed by atoms with Crippen molar-refractivity contribution in [3.05, 3.63) is 56.5 Å². The summed E-state index contributed by atoms with van der Waals surface area (Å²) in [4.78, 5) is 23.1. The predicted molar refractivity (Wildman–Crippen MR) is 74.3 cm³/mol. The maximum Gasteiger partial charge on any atom is 0.211 e. The summed E-state index contributed by atoms with van der Waals surface area (Å²) < 4.78 is 1.57. The number of carbonyl (C=O) groups excluding carboxylic acids is 1. The number of carbonyl (C=O) groups is 1. The van der Waals surface area contributed by atoms with E-state index in [1.165, 1.54) is 13.0 Å². The first-order chi connectivity index (χ1) is 8.91. The quantitative estimate of drug-likeness (QED) is 0.793. The molecule has 0 aliphatic carbocycles. The number of rotatable bonds is 2. The summed E-state index contributed by atoms with van der Waals surface area (Å²) in [5.74, 6) is -0.349. The second-order valence-corrected chi connectivity index (χ2v) is 4.76. The number of Topliss-reactive ketones (excluding diaryl/α,β-unsaturated/α-hetero) is 1. The fraction of sp³-hybridized carbons (Fsp3) is 0.214. The van der Waals surface area contributed by atoms with Crippen LogP contribution in [0.5, 0.6) is 0 Å². The summed E-state index contributed by atoms with van der Waals surface area (Å²) in [5, 5.41) is 4.75. The van der Waals surface area contributed by atoms with Gasteiger partial charge in [0, 0.05) is 23.7 Å². The van der Waals surface area contributed by atoms with Gasteiger partial charge in [0.1, 0.15) is 0 Å². The fourth-order valence-corrected chi connectivity index (χ4v) is 2.03. The van der Waals surface area contributed by atoms with Gasteiger partial charge in [-0.05, 0) is 31.5 Å². The standard InChI is InChI=1S/C14H13ClN2O2/c1-8-7-13(19)14(10(3)18)16-17(8)12-6-4-5-11(15)9(12)2/h4-7H,1-3H3. The molecule has 0 bridgehead atoms. The van der Waals surface area contributed by atoms with E-state index < -0.39 is 0 Å². The molecular weight excluding hydrogens is 264 g/mol. The van der Waals surface area contributed by atoms with Gasteiger partial charge in [-0.3, -0.25) is 9.59 Å². The van der Waals surface area contributed by atoms with Crippen LogP contribution in [-0.4, -0.2) is 15.6 Å². The number of ketones is 1. The number of hydrogen-bond acceptors (Lipinski definition) is 3. The summed E-state index contributed by atoms with van der Waals surface area (Å²) in [6.07, 6.45) is 0. The molecule has 0 radical (unpaired) electrons. The van der Waals surface area contributed by atoms with Crippen molar-refractivity contribution >= 4 is 17.4 Å². The third-order valence-electron chi connectivity index (χ3n) is 2.91. The van der Waals surface area contributed by atoms with Crippen LogP contribution in [0.15, 0.2) is 29.1 Å². The Hall–Kier alpha value is -1.94. The zero-order chi connectivity index (χ0) is 14.2. The molecule has 0 saturated heterocycles. The van der Waals surface area contributed by atoms with Crippen LogP contribution in [0, 0.1) is 13.8 Å². The molecule has 0 amide bonds. The van der Waals surface area contributed by atoms with Crippen LogP contribution in [0.2, 0.25) is 5.02 Å². The highest BCUT2D eigenvalue weighted by atomic mass is 35.5. The van der Waals surface area contributed by atoms with Crippen molar-refractivity contribution in [3.8, 4) is 5.69 Å². The lowest BCUT2D eigenvalue weighted by molar-refractivity contribution is 0.101. The van der Waals surface area contributed by atoms with E-state index in [-0.39, 0.29) is 16.9 Å². The molecule has 98 valence electrons. The molecule has 0 aliphatic heterocycles. The maximum absolute atomic E-state index is 11.7. The van der Waals surface area contributed by atoms with Crippen LogP contribution in [0.25, 0.3) is 5.69 Å². The minimum absolute atomic E-state index is 0.0648. The van der Waals surface area contributed by atoms with Crippen LogP contribution in [0.3, 0.4) is 0 Å².